The molecule has 100 valence electrons. The second kappa shape index (κ2) is 6.07. The third-order valence-electron chi connectivity index (χ3n) is 2.75. The third-order valence-corrected chi connectivity index (χ3v) is 3.99. The maximum Gasteiger partial charge on any atom is 0.141 e. The molecule has 4 heteroatoms. The predicted octanol–water partition coefficient (Wildman–Crippen LogP) is 5.37. The van der Waals surface area contributed by atoms with Gasteiger partial charge in [0.2, 0.25) is 0 Å². The summed E-state index contributed by atoms with van der Waals surface area (Å²) in [5.74, 6) is 1.48. The van der Waals surface area contributed by atoms with E-state index >= 15 is 0 Å². The number of hydrogen-bond donors (Lipinski definition) is 1. The fourth-order valence-electron chi connectivity index (χ4n) is 1.67. The summed E-state index contributed by atoms with van der Waals surface area (Å²) in [5, 5.41) is 9.53. The monoisotopic (exact) mass is 384 g/mol. The molecular formula is C15H14Br2O2. The Labute approximate surface area is 129 Å². The van der Waals surface area contributed by atoms with E-state index in [-0.39, 0.29) is 0 Å². The zero-order valence-electron chi connectivity index (χ0n) is 10.7. The van der Waals surface area contributed by atoms with Crippen LogP contribution in [0.2, 0.25) is 0 Å². The van der Waals surface area contributed by atoms with Gasteiger partial charge in [-0.15, -0.1) is 0 Å². The molecule has 0 aliphatic heterocycles. The Hall–Kier alpha value is -0.840. The molecule has 0 heterocycles. The van der Waals surface area contributed by atoms with Crippen LogP contribution in [0.15, 0.2) is 45.3 Å². The van der Waals surface area contributed by atoms with Crippen LogP contribution in [0.1, 0.15) is 24.2 Å². The molecule has 2 aromatic rings. The van der Waals surface area contributed by atoms with Crippen LogP contribution >= 0.6 is 31.9 Å². The first-order chi connectivity index (χ1) is 8.97. The van der Waals surface area contributed by atoms with Gasteiger partial charge in [-0.05, 0) is 81.1 Å². The summed E-state index contributed by atoms with van der Waals surface area (Å²) in [4.78, 5) is 0. The second-order valence-electron chi connectivity index (χ2n) is 4.40. The Bertz CT molecular complexity index is 595. The van der Waals surface area contributed by atoms with E-state index in [2.05, 4.69) is 31.9 Å². The highest BCUT2D eigenvalue weighted by Crippen LogP contribution is 2.35. The minimum atomic E-state index is -0.489. The molecule has 0 unspecified atom stereocenters. The van der Waals surface area contributed by atoms with E-state index in [0.29, 0.717) is 5.75 Å². The molecular weight excluding hydrogens is 372 g/mol. The van der Waals surface area contributed by atoms with Crippen molar-refractivity contribution >= 4 is 31.9 Å². The Morgan fingerprint density at radius 2 is 1.58 bits per heavy atom. The summed E-state index contributed by atoms with van der Waals surface area (Å²) in [5.41, 5.74) is 2.02. The normalized spacial score (nSPS) is 12.3. The van der Waals surface area contributed by atoms with Crippen LogP contribution in [0.4, 0.5) is 0 Å². The molecule has 0 spiro atoms. The number of aliphatic hydroxyl groups is 1. The highest BCUT2D eigenvalue weighted by Gasteiger charge is 2.09. The number of halogens is 2. The molecule has 0 aromatic heterocycles. The van der Waals surface area contributed by atoms with Gasteiger partial charge in [-0.3, -0.25) is 0 Å². The van der Waals surface area contributed by atoms with Crippen molar-refractivity contribution in [2.24, 2.45) is 0 Å². The highest BCUT2D eigenvalue weighted by molar-refractivity contribution is 9.11. The van der Waals surface area contributed by atoms with E-state index in [4.69, 9.17) is 4.74 Å². The summed E-state index contributed by atoms with van der Waals surface area (Å²) < 4.78 is 7.59. The zero-order chi connectivity index (χ0) is 14.0. The van der Waals surface area contributed by atoms with E-state index in [9.17, 15) is 5.11 Å². The smallest absolute Gasteiger partial charge is 0.141 e. The minimum absolute atomic E-state index is 0.489. The van der Waals surface area contributed by atoms with Crippen LogP contribution in [0.5, 0.6) is 11.5 Å². The predicted molar refractivity (Wildman–Crippen MR) is 83.7 cm³/mol. The molecule has 0 amide bonds. The molecule has 0 fully saturated rings. The van der Waals surface area contributed by atoms with Gasteiger partial charge in [-0.25, -0.2) is 0 Å². The lowest BCUT2D eigenvalue weighted by Gasteiger charge is -2.12. The molecule has 0 aliphatic carbocycles. The average molecular weight is 386 g/mol. The molecule has 0 aliphatic rings. The average Bonchev–Trinajstić information content (AvgIpc) is 2.34. The topological polar surface area (TPSA) is 29.5 Å². The van der Waals surface area contributed by atoms with Crippen molar-refractivity contribution in [3.63, 3.8) is 0 Å². The third kappa shape index (κ3) is 3.59. The largest absolute Gasteiger partial charge is 0.455 e. The van der Waals surface area contributed by atoms with Crippen molar-refractivity contribution in [2.45, 2.75) is 20.0 Å². The van der Waals surface area contributed by atoms with Crippen molar-refractivity contribution in [3.05, 3.63) is 56.5 Å². The van der Waals surface area contributed by atoms with E-state index in [1.54, 1.807) is 6.92 Å². The first-order valence-corrected chi connectivity index (χ1v) is 7.47. The molecule has 0 bridgehead atoms. The minimum Gasteiger partial charge on any atom is -0.455 e. The van der Waals surface area contributed by atoms with Gasteiger partial charge in [0.15, 0.2) is 0 Å². The lowest BCUT2D eigenvalue weighted by atomic mass is 10.1. The van der Waals surface area contributed by atoms with Crippen molar-refractivity contribution in [3.8, 4) is 11.5 Å². The fraction of sp³-hybridized carbons (Fsp3) is 0.200. The number of hydrogen-bond acceptors (Lipinski definition) is 2. The summed E-state index contributed by atoms with van der Waals surface area (Å²) >= 11 is 6.95. The van der Waals surface area contributed by atoms with Crippen LogP contribution in [-0.2, 0) is 0 Å². The van der Waals surface area contributed by atoms with Crippen LogP contribution in [0, 0.1) is 6.92 Å². The molecule has 1 atom stereocenters. The summed E-state index contributed by atoms with van der Waals surface area (Å²) in [6, 6.07) is 11.5. The zero-order valence-corrected chi connectivity index (χ0v) is 13.8. The molecule has 0 radical (unpaired) electrons. The van der Waals surface area contributed by atoms with Gasteiger partial charge in [-0.2, -0.15) is 0 Å². The number of benzene rings is 2. The van der Waals surface area contributed by atoms with Gasteiger partial charge >= 0.3 is 0 Å². The lowest BCUT2D eigenvalue weighted by molar-refractivity contribution is 0.199. The summed E-state index contributed by atoms with van der Waals surface area (Å²) in [6.07, 6.45) is -0.489. The van der Waals surface area contributed by atoms with Gasteiger partial charge in [0.25, 0.3) is 0 Å². The first-order valence-electron chi connectivity index (χ1n) is 5.89. The van der Waals surface area contributed by atoms with Crippen LogP contribution in [0.25, 0.3) is 0 Å². The Morgan fingerprint density at radius 3 is 2.11 bits per heavy atom. The van der Waals surface area contributed by atoms with E-state index in [1.807, 2.05) is 43.3 Å². The van der Waals surface area contributed by atoms with Crippen LogP contribution < -0.4 is 4.74 Å². The Kier molecular flexibility index (Phi) is 4.66. The van der Waals surface area contributed by atoms with E-state index in [1.165, 1.54) is 5.56 Å². The molecule has 19 heavy (non-hydrogen) atoms. The number of ether oxygens (including phenoxy) is 1. The lowest BCUT2D eigenvalue weighted by Crippen LogP contribution is -1.93. The van der Waals surface area contributed by atoms with Crippen molar-refractivity contribution < 1.29 is 9.84 Å². The van der Waals surface area contributed by atoms with Gasteiger partial charge in [0.1, 0.15) is 11.5 Å². The van der Waals surface area contributed by atoms with Gasteiger partial charge < -0.3 is 9.84 Å². The van der Waals surface area contributed by atoms with Gasteiger partial charge in [0.05, 0.1) is 15.0 Å². The number of aryl methyl sites for hydroxylation is 1. The van der Waals surface area contributed by atoms with Crippen molar-refractivity contribution in [1.82, 2.24) is 0 Å². The quantitative estimate of drug-likeness (QED) is 0.769. The van der Waals surface area contributed by atoms with Gasteiger partial charge in [-0.1, -0.05) is 12.1 Å². The number of rotatable bonds is 3. The maximum atomic E-state index is 9.53. The SMILES string of the molecule is Cc1ccc(Oc2ccc([C@H](C)O)cc2Br)c(Br)c1. The van der Waals surface area contributed by atoms with Crippen molar-refractivity contribution in [2.75, 3.05) is 0 Å². The Balaban J connectivity index is 2.28. The maximum absolute atomic E-state index is 9.53. The standard InChI is InChI=1S/C15H14Br2O2/c1-9-3-5-14(12(16)7-9)19-15-6-4-11(10(2)18)8-13(15)17/h3-8,10,18H,1-2H3/t10-/m0/s1. The molecule has 2 rings (SSSR count). The van der Waals surface area contributed by atoms with Crippen LogP contribution in [-0.4, -0.2) is 5.11 Å². The van der Waals surface area contributed by atoms with Gasteiger partial charge in [0, 0.05) is 0 Å². The van der Waals surface area contributed by atoms with E-state index < -0.39 is 6.10 Å². The fourth-order valence-corrected chi connectivity index (χ4v) is 2.72. The van der Waals surface area contributed by atoms with Crippen LogP contribution in [0.3, 0.4) is 0 Å². The molecule has 0 saturated heterocycles. The first kappa shape index (κ1) is 14.6. The Morgan fingerprint density at radius 1 is 1.00 bits per heavy atom. The molecule has 2 aromatic carbocycles. The summed E-state index contributed by atoms with van der Waals surface area (Å²) in [6.45, 7) is 3.76. The summed E-state index contributed by atoms with van der Waals surface area (Å²) in [7, 11) is 0. The van der Waals surface area contributed by atoms with Crippen molar-refractivity contribution in [1.29, 1.82) is 0 Å². The molecule has 2 nitrogen and oxygen atoms in total. The van der Waals surface area contributed by atoms with E-state index in [0.717, 1.165) is 20.3 Å². The highest BCUT2D eigenvalue weighted by atomic mass is 79.9. The number of aliphatic hydroxyl groups excluding tert-OH is 1. The molecule has 0 saturated carbocycles. The second-order valence-corrected chi connectivity index (χ2v) is 6.11. The molecule has 1 N–H and O–H groups in total.